The van der Waals surface area contributed by atoms with E-state index < -0.39 is 0 Å². The Balaban J connectivity index is 2.09. The summed E-state index contributed by atoms with van der Waals surface area (Å²) in [6.07, 6.45) is 5.44. The summed E-state index contributed by atoms with van der Waals surface area (Å²) >= 11 is 0. The van der Waals surface area contributed by atoms with Crippen LogP contribution < -0.4 is 5.32 Å². The average Bonchev–Trinajstić information content (AvgIpc) is 2.67. The summed E-state index contributed by atoms with van der Waals surface area (Å²) in [4.78, 5) is 2.59. The molecule has 16 heavy (non-hydrogen) atoms. The molecule has 1 fully saturated rings. The summed E-state index contributed by atoms with van der Waals surface area (Å²) in [5.41, 5.74) is 0. The van der Waals surface area contributed by atoms with Crippen molar-refractivity contribution in [2.75, 3.05) is 19.6 Å². The van der Waals surface area contributed by atoms with Gasteiger partial charge in [-0.15, -0.1) is 0 Å². The maximum Gasteiger partial charge on any atom is 0.0169 e. The fraction of sp³-hybridized carbons (Fsp3) is 1.00. The summed E-state index contributed by atoms with van der Waals surface area (Å²) in [6.45, 7) is 13.1. The molecule has 1 rings (SSSR count). The molecule has 1 N–H and O–H groups in total. The van der Waals surface area contributed by atoms with Gasteiger partial charge >= 0.3 is 0 Å². The van der Waals surface area contributed by atoms with E-state index in [0.29, 0.717) is 12.1 Å². The SMILES string of the molecule is CC(C)CCC(C)NC(C)CN1CCCC1. The Kier molecular flexibility index (Phi) is 6.37. The molecule has 1 heterocycles. The average molecular weight is 226 g/mol. The third kappa shape index (κ3) is 5.86. The summed E-state index contributed by atoms with van der Waals surface area (Å²) in [5.74, 6) is 0.832. The van der Waals surface area contributed by atoms with Gasteiger partial charge in [0.2, 0.25) is 0 Å². The van der Waals surface area contributed by atoms with Crippen molar-refractivity contribution in [3.8, 4) is 0 Å². The van der Waals surface area contributed by atoms with Crippen LogP contribution in [0.4, 0.5) is 0 Å². The van der Waals surface area contributed by atoms with Gasteiger partial charge in [-0.2, -0.15) is 0 Å². The second kappa shape index (κ2) is 7.29. The largest absolute Gasteiger partial charge is 0.311 e. The molecule has 1 aliphatic heterocycles. The Labute approximate surface area is 102 Å². The lowest BCUT2D eigenvalue weighted by Crippen LogP contribution is -2.42. The van der Waals surface area contributed by atoms with Crippen LogP contribution in [0.15, 0.2) is 0 Å². The van der Waals surface area contributed by atoms with Crippen molar-refractivity contribution in [3.63, 3.8) is 0 Å². The molecule has 2 heteroatoms. The minimum absolute atomic E-state index is 0.639. The van der Waals surface area contributed by atoms with Gasteiger partial charge in [0.15, 0.2) is 0 Å². The van der Waals surface area contributed by atoms with E-state index in [4.69, 9.17) is 0 Å². The number of hydrogen-bond acceptors (Lipinski definition) is 2. The topological polar surface area (TPSA) is 15.3 Å². The monoisotopic (exact) mass is 226 g/mol. The number of nitrogens with one attached hydrogen (secondary N) is 1. The number of likely N-dealkylation sites (tertiary alicyclic amines) is 1. The highest BCUT2D eigenvalue weighted by Crippen LogP contribution is 2.09. The first-order valence-corrected chi connectivity index (χ1v) is 7.06. The van der Waals surface area contributed by atoms with Gasteiger partial charge in [0.25, 0.3) is 0 Å². The van der Waals surface area contributed by atoms with Crippen molar-refractivity contribution in [3.05, 3.63) is 0 Å². The molecular formula is C14H30N2. The predicted octanol–water partition coefficient (Wildman–Crippen LogP) is 2.89. The molecule has 2 atom stereocenters. The maximum atomic E-state index is 3.72. The van der Waals surface area contributed by atoms with Gasteiger partial charge in [-0.25, -0.2) is 0 Å². The molecule has 0 saturated carbocycles. The van der Waals surface area contributed by atoms with Crippen molar-refractivity contribution < 1.29 is 0 Å². The van der Waals surface area contributed by atoms with E-state index in [1.54, 1.807) is 0 Å². The second-order valence-electron chi connectivity index (χ2n) is 5.95. The Morgan fingerprint density at radius 1 is 0.938 bits per heavy atom. The summed E-state index contributed by atoms with van der Waals surface area (Å²) in [6, 6.07) is 1.31. The number of nitrogens with zero attached hydrogens (tertiary/aromatic N) is 1. The van der Waals surface area contributed by atoms with E-state index in [1.165, 1.54) is 45.3 Å². The Bertz CT molecular complexity index is 174. The summed E-state index contributed by atoms with van der Waals surface area (Å²) in [7, 11) is 0. The van der Waals surface area contributed by atoms with Crippen LogP contribution in [-0.4, -0.2) is 36.6 Å². The van der Waals surface area contributed by atoms with Gasteiger partial charge in [0.1, 0.15) is 0 Å². The lowest BCUT2D eigenvalue weighted by molar-refractivity contribution is 0.283. The fourth-order valence-electron chi connectivity index (χ4n) is 2.56. The van der Waals surface area contributed by atoms with Crippen molar-refractivity contribution in [2.24, 2.45) is 5.92 Å². The summed E-state index contributed by atoms with van der Waals surface area (Å²) in [5, 5.41) is 3.72. The zero-order valence-corrected chi connectivity index (χ0v) is 11.6. The van der Waals surface area contributed by atoms with Crippen LogP contribution in [0, 0.1) is 5.92 Å². The molecule has 0 spiro atoms. The van der Waals surface area contributed by atoms with Gasteiger partial charge < -0.3 is 10.2 Å². The number of rotatable bonds is 7. The molecule has 96 valence electrons. The minimum Gasteiger partial charge on any atom is -0.311 e. The molecule has 0 radical (unpaired) electrons. The van der Waals surface area contributed by atoms with Crippen molar-refractivity contribution in [1.29, 1.82) is 0 Å². The molecule has 0 bridgehead atoms. The van der Waals surface area contributed by atoms with Crippen molar-refractivity contribution in [1.82, 2.24) is 10.2 Å². The van der Waals surface area contributed by atoms with E-state index in [0.717, 1.165) is 5.92 Å². The number of hydrogen-bond donors (Lipinski definition) is 1. The van der Waals surface area contributed by atoms with E-state index >= 15 is 0 Å². The van der Waals surface area contributed by atoms with Crippen LogP contribution in [-0.2, 0) is 0 Å². The Hall–Kier alpha value is -0.0800. The van der Waals surface area contributed by atoms with Crippen LogP contribution in [0.5, 0.6) is 0 Å². The van der Waals surface area contributed by atoms with Gasteiger partial charge in [0, 0.05) is 18.6 Å². The van der Waals surface area contributed by atoms with Crippen LogP contribution in [0.25, 0.3) is 0 Å². The lowest BCUT2D eigenvalue weighted by Gasteiger charge is -2.25. The van der Waals surface area contributed by atoms with Crippen LogP contribution in [0.1, 0.15) is 53.4 Å². The predicted molar refractivity (Wildman–Crippen MR) is 71.8 cm³/mol. The zero-order chi connectivity index (χ0) is 12.0. The van der Waals surface area contributed by atoms with Crippen LogP contribution >= 0.6 is 0 Å². The quantitative estimate of drug-likeness (QED) is 0.718. The molecule has 0 amide bonds. The lowest BCUT2D eigenvalue weighted by atomic mass is 10.0. The van der Waals surface area contributed by atoms with Crippen molar-refractivity contribution >= 4 is 0 Å². The maximum absolute atomic E-state index is 3.72. The third-order valence-corrected chi connectivity index (χ3v) is 3.48. The van der Waals surface area contributed by atoms with E-state index in [1.807, 2.05) is 0 Å². The highest BCUT2D eigenvalue weighted by atomic mass is 15.2. The molecule has 1 saturated heterocycles. The first kappa shape index (κ1) is 14.0. The zero-order valence-electron chi connectivity index (χ0n) is 11.6. The van der Waals surface area contributed by atoms with Crippen molar-refractivity contribution in [2.45, 2.75) is 65.5 Å². The molecule has 0 aromatic heterocycles. The smallest absolute Gasteiger partial charge is 0.0169 e. The molecule has 0 aliphatic carbocycles. The van der Waals surface area contributed by atoms with Gasteiger partial charge in [-0.05, 0) is 58.5 Å². The van der Waals surface area contributed by atoms with Crippen LogP contribution in [0.2, 0.25) is 0 Å². The fourth-order valence-corrected chi connectivity index (χ4v) is 2.56. The van der Waals surface area contributed by atoms with Gasteiger partial charge in [-0.1, -0.05) is 13.8 Å². The van der Waals surface area contributed by atoms with Gasteiger partial charge in [-0.3, -0.25) is 0 Å². The summed E-state index contributed by atoms with van der Waals surface area (Å²) < 4.78 is 0. The Morgan fingerprint density at radius 2 is 1.56 bits per heavy atom. The molecular weight excluding hydrogens is 196 g/mol. The minimum atomic E-state index is 0.639. The molecule has 0 aromatic rings. The third-order valence-electron chi connectivity index (χ3n) is 3.48. The second-order valence-corrected chi connectivity index (χ2v) is 5.95. The standard InChI is InChI=1S/C14H30N2/c1-12(2)7-8-13(3)15-14(4)11-16-9-5-6-10-16/h12-15H,5-11H2,1-4H3. The van der Waals surface area contributed by atoms with Gasteiger partial charge in [0.05, 0.1) is 0 Å². The Morgan fingerprint density at radius 3 is 2.12 bits per heavy atom. The molecule has 2 unspecified atom stereocenters. The normalized spacial score (nSPS) is 21.6. The molecule has 2 nitrogen and oxygen atoms in total. The van der Waals surface area contributed by atoms with E-state index in [9.17, 15) is 0 Å². The highest BCUT2D eigenvalue weighted by molar-refractivity contribution is 4.74. The molecule has 1 aliphatic rings. The van der Waals surface area contributed by atoms with Crippen LogP contribution in [0.3, 0.4) is 0 Å². The highest BCUT2D eigenvalue weighted by Gasteiger charge is 2.15. The first-order chi connectivity index (χ1) is 7.58. The van der Waals surface area contributed by atoms with E-state index in [-0.39, 0.29) is 0 Å². The molecule has 0 aromatic carbocycles. The first-order valence-electron chi connectivity index (χ1n) is 7.06. The van der Waals surface area contributed by atoms with E-state index in [2.05, 4.69) is 37.9 Å².